The Balaban J connectivity index is 1.44. The summed E-state index contributed by atoms with van der Waals surface area (Å²) in [5.41, 5.74) is 7.29. The summed E-state index contributed by atoms with van der Waals surface area (Å²) >= 11 is 0. The molecule has 142 valence electrons. The molecule has 7 nitrogen and oxygen atoms in total. The molecule has 0 radical (unpaired) electrons. The van der Waals surface area contributed by atoms with Gasteiger partial charge < -0.3 is 29.8 Å². The van der Waals surface area contributed by atoms with E-state index in [2.05, 4.69) is 0 Å². The van der Waals surface area contributed by atoms with Crippen LogP contribution in [0.2, 0.25) is 0 Å². The number of benzene rings is 2. The highest BCUT2D eigenvalue weighted by Crippen LogP contribution is 2.33. The van der Waals surface area contributed by atoms with Crippen LogP contribution >= 0.6 is 0 Å². The molecule has 2 aromatic rings. The van der Waals surface area contributed by atoms with Crippen LogP contribution in [0.1, 0.15) is 22.2 Å². The normalized spacial score (nSPS) is 33.1. The smallest absolute Gasteiger partial charge is 0.340 e. The van der Waals surface area contributed by atoms with Gasteiger partial charge in [0, 0.05) is 5.56 Å². The standard InChI is InChI=1S/C20H21NO6/c21-15-16(22)17-14(11-24-19(26-17)13-9-5-2-6-10-13)25-20(15)27-18(23)12-7-3-1-4-8-12/h1-10,14-17,19-20,22H,11,21H2/t14-,15-,16-,17-,19-,20-/m1/s1. The molecule has 0 saturated carbocycles. The van der Waals surface area contributed by atoms with Crippen LogP contribution in [-0.2, 0) is 18.9 Å². The second-order valence-corrected chi connectivity index (χ2v) is 6.56. The number of fused-ring (bicyclic) bond motifs is 1. The highest BCUT2D eigenvalue weighted by Gasteiger charge is 2.49. The molecule has 2 aromatic carbocycles. The van der Waals surface area contributed by atoms with Crippen molar-refractivity contribution in [2.45, 2.75) is 36.9 Å². The van der Waals surface area contributed by atoms with Gasteiger partial charge in [0.25, 0.3) is 0 Å². The van der Waals surface area contributed by atoms with E-state index in [-0.39, 0.29) is 6.61 Å². The minimum absolute atomic E-state index is 0.188. The van der Waals surface area contributed by atoms with E-state index >= 15 is 0 Å². The van der Waals surface area contributed by atoms with Crippen molar-refractivity contribution in [3.63, 3.8) is 0 Å². The summed E-state index contributed by atoms with van der Waals surface area (Å²) in [6, 6.07) is 17.0. The maximum Gasteiger partial charge on any atom is 0.340 e. The Morgan fingerprint density at radius 2 is 1.70 bits per heavy atom. The molecule has 0 bridgehead atoms. The van der Waals surface area contributed by atoms with Gasteiger partial charge >= 0.3 is 5.97 Å². The number of carbonyl (C=O) groups excluding carboxylic acids is 1. The van der Waals surface area contributed by atoms with Gasteiger partial charge in [-0.05, 0) is 12.1 Å². The van der Waals surface area contributed by atoms with Gasteiger partial charge in [-0.1, -0.05) is 48.5 Å². The topological polar surface area (TPSA) is 100 Å². The fraction of sp³-hybridized carbons (Fsp3) is 0.350. The number of carbonyl (C=O) groups is 1. The lowest BCUT2D eigenvalue weighted by molar-refractivity contribution is -0.334. The number of esters is 1. The highest BCUT2D eigenvalue weighted by molar-refractivity contribution is 5.89. The maximum atomic E-state index is 12.3. The van der Waals surface area contributed by atoms with Gasteiger partial charge in [0.15, 0.2) is 6.29 Å². The van der Waals surface area contributed by atoms with Crippen LogP contribution in [0.25, 0.3) is 0 Å². The van der Waals surface area contributed by atoms with Crippen molar-refractivity contribution in [3.8, 4) is 0 Å². The summed E-state index contributed by atoms with van der Waals surface area (Å²) in [4.78, 5) is 12.3. The van der Waals surface area contributed by atoms with E-state index in [1.54, 1.807) is 30.3 Å². The van der Waals surface area contributed by atoms with E-state index in [4.69, 9.17) is 24.7 Å². The summed E-state index contributed by atoms with van der Waals surface area (Å²) in [5, 5.41) is 10.6. The third kappa shape index (κ3) is 3.73. The van der Waals surface area contributed by atoms with E-state index in [0.29, 0.717) is 5.56 Å². The first-order valence-electron chi connectivity index (χ1n) is 8.80. The molecule has 27 heavy (non-hydrogen) atoms. The quantitative estimate of drug-likeness (QED) is 0.786. The van der Waals surface area contributed by atoms with Gasteiger partial charge in [-0.3, -0.25) is 0 Å². The largest absolute Gasteiger partial charge is 0.430 e. The average Bonchev–Trinajstić information content (AvgIpc) is 2.73. The minimum atomic E-state index is -1.09. The Morgan fingerprint density at radius 3 is 2.41 bits per heavy atom. The number of nitrogens with two attached hydrogens (primary N) is 1. The number of hydrogen-bond acceptors (Lipinski definition) is 7. The number of rotatable bonds is 3. The monoisotopic (exact) mass is 371 g/mol. The number of aliphatic hydroxyl groups is 1. The summed E-state index contributed by atoms with van der Waals surface area (Å²) in [5.74, 6) is -0.568. The summed E-state index contributed by atoms with van der Waals surface area (Å²) in [6.07, 6.45) is -4.03. The highest BCUT2D eigenvalue weighted by atomic mass is 16.8. The van der Waals surface area contributed by atoms with Crippen molar-refractivity contribution >= 4 is 5.97 Å². The predicted molar refractivity (Wildman–Crippen MR) is 94.5 cm³/mol. The van der Waals surface area contributed by atoms with E-state index in [9.17, 15) is 9.90 Å². The molecule has 6 atom stereocenters. The second-order valence-electron chi connectivity index (χ2n) is 6.56. The Bertz CT molecular complexity index is 769. The van der Waals surface area contributed by atoms with Crippen LogP contribution in [0, 0.1) is 0 Å². The van der Waals surface area contributed by atoms with Gasteiger partial charge in [0.2, 0.25) is 6.29 Å². The molecule has 0 aromatic heterocycles. The van der Waals surface area contributed by atoms with Gasteiger partial charge in [-0.2, -0.15) is 0 Å². The lowest BCUT2D eigenvalue weighted by Gasteiger charge is -2.46. The van der Waals surface area contributed by atoms with E-state index in [0.717, 1.165) is 5.56 Å². The van der Waals surface area contributed by atoms with Crippen LogP contribution in [-0.4, -0.2) is 48.3 Å². The lowest BCUT2D eigenvalue weighted by atomic mass is 9.96. The van der Waals surface area contributed by atoms with Crippen LogP contribution in [0.4, 0.5) is 0 Å². The van der Waals surface area contributed by atoms with E-state index < -0.39 is 42.9 Å². The van der Waals surface area contributed by atoms with Crippen molar-refractivity contribution in [3.05, 3.63) is 71.8 Å². The van der Waals surface area contributed by atoms with Crippen molar-refractivity contribution in [1.82, 2.24) is 0 Å². The molecule has 0 aliphatic carbocycles. The molecule has 2 heterocycles. The summed E-state index contributed by atoms with van der Waals surface area (Å²) in [7, 11) is 0. The van der Waals surface area contributed by atoms with Crippen molar-refractivity contribution in [2.24, 2.45) is 5.73 Å². The summed E-state index contributed by atoms with van der Waals surface area (Å²) in [6.45, 7) is 0.188. The second kappa shape index (κ2) is 7.75. The Morgan fingerprint density at radius 1 is 1.04 bits per heavy atom. The van der Waals surface area contributed by atoms with Crippen molar-refractivity contribution in [2.75, 3.05) is 6.61 Å². The minimum Gasteiger partial charge on any atom is -0.430 e. The molecule has 2 saturated heterocycles. The number of aliphatic hydroxyl groups excluding tert-OH is 1. The fourth-order valence-corrected chi connectivity index (χ4v) is 3.25. The first-order chi connectivity index (χ1) is 13.1. The first-order valence-corrected chi connectivity index (χ1v) is 8.80. The zero-order valence-electron chi connectivity index (χ0n) is 14.5. The third-order valence-corrected chi connectivity index (χ3v) is 4.72. The Labute approximate surface area is 156 Å². The van der Waals surface area contributed by atoms with Crippen LogP contribution < -0.4 is 5.73 Å². The molecule has 0 amide bonds. The number of ether oxygens (including phenoxy) is 4. The molecule has 0 spiro atoms. The van der Waals surface area contributed by atoms with Gasteiger partial charge in [0.1, 0.15) is 18.3 Å². The van der Waals surface area contributed by atoms with Crippen LogP contribution in [0.3, 0.4) is 0 Å². The Kier molecular flexibility index (Phi) is 5.20. The SMILES string of the molecule is N[C@H]1[C@@H](OC(=O)c2ccccc2)O[C@@H]2CO[C@@H](c3ccccc3)O[C@H]2[C@@H]1O. The molecule has 2 aliphatic rings. The average molecular weight is 371 g/mol. The molecule has 3 N–H and O–H groups in total. The molecular formula is C20H21NO6. The molecular weight excluding hydrogens is 350 g/mol. The zero-order chi connectivity index (χ0) is 18.8. The zero-order valence-corrected chi connectivity index (χ0v) is 14.5. The molecule has 4 rings (SSSR count). The van der Waals surface area contributed by atoms with E-state index in [1.807, 2.05) is 30.3 Å². The van der Waals surface area contributed by atoms with Crippen LogP contribution in [0.15, 0.2) is 60.7 Å². The number of hydrogen-bond donors (Lipinski definition) is 2. The first kappa shape index (κ1) is 18.1. The lowest BCUT2D eigenvalue weighted by Crippen LogP contribution is -2.65. The van der Waals surface area contributed by atoms with E-state index in [1.165, 1.54) is 0 Å². The molecule has 2 aliphatic heterocycles. The predicted octanol–water partition coefficient (Wildman–Crippen LogP) is 1.37. The fourth-order valence-electron chi connectivity index (χ4n) is 3.25. The van der Waals surface area contributed by atoms with Gasteiger partial charge in [0.05, 0.1) is 18.2 Å². The Hall–Kier alpha value is -2.29. The molecule has 2 fully saturated rings. The molecule has 7 heteroatoms. The van der Waals surface area contributed by atoms with Gasteiger partial charge in [-0.15, -0.1) is 0 Å². The van der Waals surface area contributed by atoms with Crippen molar-refractivity contribution < 1.29 is 28.8 Å². The molecule has 0 unspecified atom stereocenters. The van der Waals surface area contributed by atoms with Crippen molar-refractivity contribution in [1.29, 1.82) is 0 Å². The maximum absolute atomic E-state index is 12.3. The summed E-state index contributed by atoms with van der Waals surface area (Å²) < 4.78 is 22.7. The third-order valence-electron chi connectivity index (χ3n) is 4.72. The van der Waals surface area contributed by atoms with Gasteiger partial charge in [-0.25, -0.2) is 4.79 Å². The van der Waals surface area contributed by atoms with Crippen LogP contribution in [0.5, 0.6) is 0 Å².